The van der Waals surface area contributed by atoms with Gasteiger partial charge in [0, 0.05) is 5.56 Å². The van der Waals surface area contributed by atoms with Crippen LogP contribution < -0.4 is 0 Å². The Morgan fingerprint density at radius 2 is 1.50 bits per heavy atom. The van der Waals surface area contributed by atoms with Gasteiger partial charge in [-0.25, -0.2) is 0 Å². The first-order chi connectivity index (χ1) is 12.2. The van der Waals surface area contributed by atoms with Gasteiger partial charge in [0.05, 0.1) is 11.6 Å². The summed E-state index contributed by atoms with van der Waals surface area (Å²) in [6.07, 6.45) is 3.13. The normalized spacial score (nSPS) is 15.1. The molecule has 0 fully saturated rings. The fraction of sp³-hybridized carbons (Fsp3) is 0.348. The Balaban J connectivity index is 1.83. The molecule has 0 saturated carbocycles. The topological polar surface area (TPSA) is 20.5 Å². The molecular weight excluding hydrogens is 336 g/mol. The first kappa shape index (κ1) is 18.7. The fourth-order valence-electron chi connectivity index (χ4n) is 3.69. The molecule has 2 nitrogen and oxygen atoms in total. The number of hydrogen-bond acceptors (Lipinski definition) is 1. The van der Waals surface area contributed by atoms with E-state index in [0.29, 0.717) is 5.41 Å². The van der Waals surface area contributed by atoms with Crippen LogP contribution in [-0.2, 0) is 9.84 Å². The van der Waals surface area contributed by atoms with Gasteiger partial charge < -0.3 is 8.54 Å². The minimum absolute atomic E-state index is 0.0132. The van der Waals surface area contributed by atoms with Crippen molar-refractivity contribution in [2.45, 2.75) is 46.5 Å². The zero-order valence-electron chi connectivity index (χ0n) is 16.3. The Kier molecular flexibility index (Phi) is 5.19. The van der Waals surface area contributed by atoms with Gasteiger partial charge in [0.2, 0.25) is 0 Å². The lowest BCUT2D eigenvalue weighted by atomic mass is 9.72. The van der Waals surface area contributed by atoms with Crippen LogP contribution in [-0.4, -0.2) is 15.8 Å². The number of hydrogen-bond donors (Lipinski definition) is 0. The SMILES string of the molecule is CC(C)(C)CC(C)(C)c1ccc(C2=CC(c3ccccc3)=[O+][Si]O2)cc1. The summed E-state index contributed by atoms with van der Waals surface area (Å²) in [4.78, 5) is 0. The van der Waals surface area contributed by atoms with Crippen LogP contribution in [0.4, 0.5) is 0 Å². The maximum absolute atomic E-state index is 5.77. The van der Waals surface area contributed by atoms with E-state index in [0.717, 1.165) is 29.1 Å². The standard InChI is InChI=1S/C23H27O2Si/c1-22(2,3)16-23(4,5)19-13-11-18(12-14-19)21-15-20(24-26-25-21)17-9-7-6-8-10-17/h6-15H,16H2,1-5H3/q+1. The van der Waals surface area contributed by atoms with Gasteiger partial charge in [-0.15, -0.1) is 0 Å². The average molecular weight is 364 g/mol. The lowest BCUT2D eigenvalue weighted by Gasteiger charge is -2.33. The maximum atomic E-state index is 5.77. The van der Waals surface area contributed by atoms with E-state index in [1.807, 2.05) is 24.3 Å². The molecule has 0 aliphatic carbocycles. The molecule has 0 spiro atoms. The van der Waals surface area contributed by atoms with E-state index >= 15 is 0 Å². The molecule has 0 atom stereocenters. The van der Waals surface area contributed by atoms with Gasteiger partial charge in [-0.3, -0.25) is 0 Å². The number of allylic oxidation sites excluding steroid dienone is 1. The third-order valence-corrected chi connectivity index (χ3v) is 5.15. The van der Waals surface area contributed by atoms with Crippen molar-refractivity contribution >= 4 is 21.5 Å². The molecule has 2 aromatic carbocycles. The van der Waals surface area contributed by atoms with Crippen molar-refractivity contribution in [3.05, 3.63) is 77.4 Å². The largest absolute Gasteiger partial charge is 1.03 e. The van der Waals surface area contributed by atoms with Crippen LogP contribution in [0.5, 0.6) is 0 Å². The summed E-state index contributed by atoms with van der Waals surface area (Å²) in [5, 5.41) is 0. The van der Waals surface area contributed by atoms with E-state index in [1.54, 1.807) is 0 Å². The summed E-state index contributed by atoms with van der Waals surface area (Å²) in [7, 11) is -0.0132. The monoisotopic (exact) mass is 363 g/mol. The van der Waals surface area contributed by atoms with Crippen molar-refractivity contribution in [1.29, 1.82) is 0 Å². The highest BCUT2D eigenvalue weighted by molar-refractivity contribution is 6.25. The van der Waals surface area contributed by atoms with Gasteiger partial charge in [-0.2, -0.15) is 0 Å². The summed E-state index contributed by atoms with van der Waals surface area (Å²) in [5.41, 5.74) is 3.96. The van der Waals surface area contributed by atoms with E-state index in [4.69, 9.17) is 8.54 Å². The summed E-state index contributed by atoms with van der Waals surface area (Å²) in [5.74, 6) is 1.73. The minimum Gasteiger partial charge on any atom is -0.460 e. The van der Waals surface area contributed by atoms with Crippen LogP contribution >= 0.6 is 0 Å². The maximum Gasteiger partial charge on any atom is 1.03 e. The van der Waals surface area contributed by atoms with Gasteiger partial charge in [-0.05, 0) is 34.9 Å². The van der Waals surface area contributed by atoms with Gasteiger partial charge >= 0.3 is 15.8 Å². The van der Waals surface area contributed by atoms with Crippen molar-refractivity contribution < 1.29 is 8.54 Å². The van der Waals surface area contributed by atoms with Crippen molar-refractivity contribution in [2.24, 2.45) is 5.41 Å². The zero-order chi connectivity index (χ0) is 18.8. The molecule has 2 radical (unpaired) electrons. The van der Waals surface area contributed by atoms with Crippen molar-refractivity contribution in [2.75, 3.05) is 0 Å². The lowest BCUT2D eigenvalue weighted by molar-refractivity contribution is -0.101. The molecule has 1 heterocycles. The molecule has 3 rings (SSSR count). The minimum atomic E-state index is -0.0132. The molecule has 1 aliphatic rings. The number of ketones is 1. The molecule has 26 heavy (non-hydrogen) atoms. The Bertz CT molecular complexity index is 810. The molecular formula is C23H27O2Si+. The number of benzene rings is 2. The predicted octanol–water partition coefficient (Wildman–Crippen LogP) is 5.72. The summed E-state index contributed by atoms with van der Waals surface area (Å²) in [6.45, 7) is 11.5. The third-order valence-electron chi connectivity index (χ3n) is 4.55. The van der Waals surface area contributed by atoms with Crippen LogP contribution in [0.25, 0.3) is 5.76 Å². The highest BCUT2D eigenvalue weighted by Gasteiger charge is 2.29. The van der Waals surface area contributed by atoms with E-state index in [2.05, 4.69) is 71.0 Å². The Morgan fingerprint density at radius 3 is 2.12 bits per heavy atom. The molecule has 3 heteroatoms. The second-order valence-corrected chi connectivity index (χ2v) is 9.30. The van der Waals surface area contributed by atoms with E-state index in [-0.39, 0.29) is 15.4 Å². The number of rotatable bonds is 4. The Hall–Kier alpha value is -2.13. The van der Waals surface area contributed by atoms with Gasteiger partial charge in [0.15, 0.2) is 0 Å². The van der Waals surface area contributed by atoms with E-state index in [1.165, 1.54) is 5.56 Å². The van der Waals surface area contributed by atoms with E-state index < -0.39 is 0 Å². The van der Waals surface area contributed by atoms with Crippen LogP contribution in [0.1, 0.15) is 61.8 Å². The highest BCUT2D eigenvalue weighted by atomic mass is 28.2. The molecule has 1 aliphatic heterocycles. The fourth-order valence-corrected chi connectivity index (χ4v) is 4.26. The Morgan fingerprint density at radius 1 is 0.846 bits per heavy atom. The molecule has 0 unspecified atom stereocenters. The van der Waals surface area contributed by atoms with Crippen LogP contribution in [0.3, 0.4) is 0 Å². The van der Waals surface area contributed by atoms with Crippen molar-refractivity contribution in [1.82, 2.24) is 0 Å². The lowest BCUT2D eigenvalue weighted by Crippen LogP contribution is -2.24. The predicted molar refractivity (Wildman–Crippen MR) is 109 cm³/mol. The molecule has 0 aromatic heterocycles. The second-order valence-electron chi connectivity index (χ2n) is 8.72. The first-order valence-electron chi connectivity index (χ1n) is 9.08. The summed E-state index contributed by atoms with van der Waals surface area (Å²) >= 11 is 0. The molecule has 134 valence electrons. The van der Waals surface area contributed by atoms with Crippen molar-refractivity contribution in [3.8, 4) is 0 Å². The van der Waals surface area contributed by atoms with Crippen LogP contribution in [0.2, 0.25) is 0 Å². The van der Waals surface area contributed by atoms with Gasteiger partial charge in [-0.1, -0.05) is 77.1 Å². The average Bonchev–Trinajstić information content (AvgIpc) is 2.61. The third kappa shape index (κ3) is 4.53. The second kappa shape index (κ2) is 7.24. The van der Waals surface area contributed by atoms with Crippen LogP contribution in [0.15, 0.2) is 60.7 Å². The quantitative estimate of drug-likeness (QED) is 0.502. The van der Waals surface area contributed by atoms with Gasteiger partial charge in [0.25, 0.3) is 0 Å². The smallest absolute Gasteiger partial charge is 0.460 e. The summed E-state index contributed by atoms with van der Waals surface area (Å²) < 4.78 is 11.5. The molecule has 2 aromatic rings. The van der Waals surface area contributed by atoms with E-state index in [9.17, 15) is 0 Å². The molecule has 0 N–H and O–H groups in total. The first-order valence-corrected chi connectivity index (χ1v) is 9.90. The molecule has 0 bridgehead atoms. The number of carbonyl (C=O) groups excluding carboxylic acids is 1. The highest BCUT2D eigenvalue weighted by Crippen LogP contribution is 2.36. The molecule has 0 amide bonds. The van der Waals surface area contributed by atoms with Gasteiger partial charge in [0.1, 0.15) is 5.76 Å². The Labute approximate surface area is 159 Å². The summed E-state index contributed by atoms with van der Waals surface area (Å²) in [6, 6.07) is 18.9. The van der Waals surface area contributed by atoms with Crippen molar-refractivity contribution in [3.63, 3.8) is 0 Å². The van der Waals surface area contributed by atoms with Crippen LogP contribution in [0, 0.1) is 5.41 Å². The zero-order valence-corrected chi connectivity index (χ0v) is 17.3. The molecule has 0 saturated heterocycles.